The fourth-order valence-corrected chi connectivity index (χ4v) is 17.7. The predicted octanol–water partition coefficient (Wildman–Crippen LogP) is -1.91. The van der Waals surface area contributed by atoms with E-state index in [1.54, 1.807) is 81.7 Å². The third-order valence-corrected chi connectivity index (χ3v) is 24.8. The van der Waals surface area contributed by atoms with Crippen LogP contribution in [-0.4, -0.2) is 299 Å². The molecule has 4 fully saturated rings. The number of carboxylic acid groups (broad SMARTS) is 1. The van der Waals surface area contributed by atoms with Crippen LogP contribution in [0.2, 0.25) is 0 Å². The molecule has 0 bridgehead atoms. The van der Waals surface area contributed by atoms with E-state index in [4.69, 9.17) is 22.9 Å². The van der Waals surface area contributed by atoms with E-state index in [1.807, 2.05) is 6.92 Å². The molecule has 4 aliphatic heterocycles. The number of fused-ring (bicyclic) bond motifs is 5. The molecule has 0 unspecified atom stereocenters. The molecule has 4 aliphatic rings. The Labute approximate surface area is 769 Å². The number of halogens is 1. The third-order valence-electron chi connectivity index (χ3n) is 24.8. The highest BCUT2D eigenvalue weighted by molar-refractivity contribution is 6.02. The second-order valence-corrected chi connectivity index (χ2v) is 35.2. The first kappa shape index (κ1) is 104. The van der Waals surface area contributed by atoms with Crippen molar-refractivity contribution in [2.45, 2.75) is 279 Å². The Bertz CT molecular complexity index is 4990. The van der Waals surface area contributed by atoms with Crippen molar-refractivity contribution in [2.24, 2.45) is 28.9 Å². The molecule has 22 N–H and O–H groups in total. The van der Waals surface area contributed by atoms with E-state index in [0.29, 0.717) is 70.6 Å². The van der Waals surface area contributed by atoms with Crippen LogP contribution < -0.4 is 70.8 Å². The summed E-state index contributed by atoms with van der Waals surface area (Å²) in [4.78, 5) is 258. The topological polar surface area (TPSA) is 620 Å². The van der Waals surface area contributed by atoms with Crippen LogP contribution in [0.3, 0.4) is 0 Å². The molecule has 5 aromatic rings. The van der Waals surface area contributed by atoms with Gasteiger partial charge in [-0.15, -0.1) is 0 Å². The summed E-state index contributed by atoms with van der Waals surface area (Å²) in [6, 6.07) is -3.00. The molecule has 6 heterocycles. The quantitative estimate of drug-likeness (QED) is 0.0284. The number of aromatic amines is 1. The van der Waals surface area contributed by atoms with E-state index in [2.05, 4.69) is 52.8 Å². The first-order valence-corrected chi connectivity index (χ1v) is 45.6. The van der Waals surface area contributed by atoms with Crippen LogP contribution in [0.5, 0.6) is 0 Å². The van der Waals surface area contributed by atoms with Gasteiger partial charge in [0.2, 0.25) is 94.5 Å². The van der Waals surface area contributed by atoms with Crippen molar-refractivity contribution < 1.29 is 106 Å². The SMILES string of the molecule is CCCC[C@H]1C(=O)N(C)[C@@H](CCCC)C(=O)N[C@@H](CCC(=O)O)C(=O)N[C@H](C(N)=O)CCCC(=O)N[C@@H](Cc2ccc(F)cc2)C(=O)N2CCCC[C@H]2C(=O)N[C@@H](CC(N)=O)C(=O)N2CCC[C@H]2C(=O)N[C@@H](CN)C(=O)N[C@@H](CC(C)C)C(=O)N2C[C@H](O)C[C@H]2C(=O)N[C@@H](Cc2c[nH]c3ccccc23)C(=O)N[C@@H](CCN)C(=O)N[C@@H](Cc2cn(CC(O)O)c3ccccc23)C(=O)N1C. The minimum Gasteiger partial charge on any atom is -0.481 e. The summed E-state index contributed by atoms with van der Waals surface area (Å²) in [7, 11) is 2.61. The molecule has 15 atom stereocenters. The van der Waals surface area contributed by atoms with Crippen molar-refractivity contribution >= 4 is 122 Å². The highest BCUT2D eigenvalue weighted by Gasteiger charge is 2.47. The van der Waals surface area contributed by atoms with Gasteiger partial charge in [-0.25, -0.2) is 4.39 Å². The smallest absolute Gasteiger partial charge is 0.303 e. The van der Waals surface area contributed by atoms with Gasteiger partial charge in [-0.1, -0.05) is 102 Å². The number of para-hydroxylation sites is 2. The molecule has 0 saturated carbocycles. The molecule has 726 valence electrons. The number of aliphatic hydroxyl groups excluding tert-OH is 2. The van der Waals surface area contributed by atoms with Gasteiger partial charge in [0.1, 0.15) is 90.4 Å². The summed E-state index contributed by atoms with van der Waals surface area (Å²) in [5.74, 6) is -17.6. The van der Waals surface area contributed by atoms with Crippen LogP contribution in [-0.2, 0) is 107 Å². The second-order valence-electron chi connectivity index (χ2n) is 35.2. The van der Waals surface area contributed by atoms with E-state index >= 15 is 38.4 Å². The maximum atomic E-state index is 15.9. The monoisotopic (exact) mass is 1860 g/mol. The number of carboxylic acids is 1. The third kappa shape index (κ3) is 28.3. The highest BCUT2D eigenvalue weighted by atomic mass is 19.1. The van der Waals surface area contributed by atoms with E-state index in [-0.39, 0.29) is 116 Å². The van der Waals surface area contributed by atoms with Gasteiger partial charge in [-0.2, -0.15) is 0 Å². The number of nitrogens with two attached hydrogens (primary N) is 4. The summed E-state index contributed by atoms with van der Waals surface area (Å²) < 4.78 is 15.9. The van der Waals surface area contributed by atoms with Crippen molar-refractivity contribution in [3.8, 4) is 0 Å². The maximum absolute atomic E-state index is 15.9. The molecule has 0 radical (unpaired) electrons. The van der Waals surface area contributed by atoms with Gasteiger partial charge in [0.05, 0.1) is 19.1 Å². The number of unbranched alkanes of at least 4 members (excludes halogenated alkanes) is 2. The van der Waals surface area contributed by atoms with Crippen LogP contribution in [0.15, 0.2) is 85.2 Å². The molecule has 41 nitrogen and oxygen atoms in total. The molecule has 3 aromatic carbocycles. The van der Waals surface area contributed by atoms with E-state index in [0.717, 1.165) is 31.7 Å². The molecule has 133 heavy (non-hydrogen) atoms. The lowest BCUT2D eigenvalue weighted by molar-refractivity contribution is -0.149. The van der Waals surface area contributed by atoms with Crippen LogP contribution in [0.4, 0.5) is 4.39 Å². The summed E-state index contributed by atoms with van der Waals surface area (Å²) >= 11 is 0. The molecule has 0 spiro atoms. The Morgan fingerprint density at radius 1 is 0.519 bits per heavy atom. The van der Waals surface area contributed by atoms with Gasteiger partial charge < -0.3 is 125 Å². The molecule has 16 amide bonds. The standard InChI is InChI=1S/C91H129FN20O21/c1-7-9-23-69-83(125)101-60(33-34-76(116)117)79(121)99-59(78(96)120)22-17-28-75(115)98-64(40-51-29-31-54(92)32-30-51)88(130)110-37-16-15-26-70(110)84(126)105-66(44-74(95)114)89(131)111-38-18-27-71(111)85(127)106-67(45-94)82(124)103-63(39-50(3)4)90(132)112-48-55(113)43-73(112)86(128)102-62(41-52-46-97-58-21-13-11-19-56(52)58)81(123)100-61(35-36-93)80(122)104-65(87(129)108(6)72(24-10-8-2)91(133)107(69)5)42-53-47-109(49-77(118)119)68-25-14-12-20-57(53)68/h11-14,19-21,25,29-32,46-47,50,55,59-67,69-73,77,97,113,118-119H,7-10,15-18,22-24,26-28,33-45,48-49,93-94H2,1-6H3,(H2,95,114)(H2,96,120)(H,98,115)(H,99,121)(H,100,123)(H,101,125)(H,102,128)(H,103,124)(H,104,122)(H,105,126)(H,106,127)(H,116,117)/t55-,59+,60+,61+,62+,63+,64+,65+,66+,67+,69+,70+,71+,72+,73+/m1/s1. The average Bonchev–Trinajstić information content (AvgIpc) is 1.62. The number of piperidine rings is 1. The minimum absolute atomic E-state index is 0.00614. The number of amides is 16. The van der Waals surface area contributed by atoms with Gasteiger partial charge in [-0.05, 0) is 130 Å². The maximum Gasteiger partial charge on any atom is 0.303 e. The zero-order valence-corrected chi connectivity index (χ0v) is 76.0. The summed E-state index contributed by atoms with van der Waals surface area (Å²) in [6.45, 7) is 5.23. The number of aromatic nitrogens is 2. The van der Waals surface area contributed by atoms with E-state index in [1.165, 1.54) is 35.7 Å². The minimum atomic E-state index is -1.86. The number of likely N-dealkylation sites (N-methyl/N-ethyl adjacent to an activating group) is 2. The van der Waals surface area contributed by atoms with Crippen LogP contribution in [0, 0.1) is 11.7 Å². The highest BCUT2D eigenvalue weighted by Crippen LogP contribution is 2.30. The number of aliphatic hydroxyl groups is 3. The van der Waals surface area contributed by atoms with E-state index in [9.17, 15) is 68.0 Å². The van der Waals surface area contributed by atoms with Gasteiger partial charge in [0.15, 0.2) is 6.29 Å². The Kier molecular flexibility index (Phi) is 38.6. The molecule has 4 saturated heterocycles. The first-order valence-electron chi connectivity index (χ1n) is 45.6. The Morgan fingerprint density at radius 2 is 1.05 bits per heavy atom. The summed E-state index contributed by atoms with van der Waals surface area (Å²) in [5.41, 5.74) is 26.4. The normalized spacial score (nSPS) is 25.6. The number of hydrogen-bond donors (Lipinski definition) is 18. The van der Waals surface area contributed by atoms with Crippen molar-refractivity contribution in [2.75, 3.05) is 46.8 Å². The molecular weight excluding hydrogens is 1730 g/mol. The zero-order chi connectivity index (χ0) is 97.2. The molecule has 2 aromatic heterocycles. The van der Waals surface area contributed by atoms with Crippen LogP contribution in [0.1, 0.15) is 173 Å². The number of primary amides is 2. The van der Waals surface area contributed by atoms with Crippen molar-refractivity contribution in [1.82, 2.24) is 81.9 Å². The number of benzene rings is 3. The number of nitrogens with one attached hydrogen (secondary N) is 10. The van der Waals surface area contributed by atoms with Gasteiger partial charge >= 0.3 is 5.97 Å². The summed E-state index contributed by atoms with van der Waals surface area (Å²) in [5, 5.41) is 67.0. The number of H-pyrrole nitrogens is 1. The molecule has 0 aliphatic carbocycles. The molecular formula is C91H129FN20O21. The van der Waals surface area contributed by atoms with Crippen molar-refractivity contribution in [3.63, 3.8) is 0 Å². The number of carbonyl (C=O) groups excluding carboxylic acids is 16. The zero-order valence-electron chi connectivity index (χ0n) is 76.0. The lowest BCUT2D eigenvalue weighted by Gasteiger charge is -2.38. The largest absolute Gasteiger partial charge is 0.481 e. The number of aliphatic carboxylic acids is 1. The second kappa shape index (κ2) is 49.3. The predicted molar refractivity (Wildman–Crippen MR) is 482 cm³/mol. The number of rotatable bonds is 25. The van der Waals surface area contributed by atoms with Gasteiger partial charge in [-0.3, -0.25) is 81.5 Å². The molecule has 42 heteroatoms. The lowest BCUT2D eigenvalue weighted by Crippen LogP contribution is -2.62. The van der Waals surface area contributed by atoms with Crippen LogP contribution in [0.25, 0.3) is 21.8 Å². The summed E-state index contributed by atoms with van der Waals surface area (Å²) in [6.07, 6.45) is -2.73. The Morgan fingerprint density at radius 3 is 1.69 bits per heavy atom. The van der Waals surface area contributed by atoms with E-state index < -0.39 is 248 Å². The number of nitrogens with zero attached hydrogens (tertiary/aromatic N) is 6. The number of hydrogen-bond acceptors (Lipinski definition) is 22. The number of carbonyl (C=O) groups is 17. The molecule has 9 rings (SSSR count). The van der Waals surface area contributed by atoms with Crippen molar-refractivity contribution in [1.29, 1.82) is 0 Å². The van der Waals surface area contributed by atoms with Crippen LogP contribution >= 0.6 is 0 Å². The van der Waals surface area contributed by atoms with Crippen molar-refractivity contribution in [3.05, 3.63) is 108 Å². The first-order chi connectivity index (χ1) is 63.3. The lowest BCUT2D eigenvalue weighted by atomic mass is 9.97. The Balaban J connectivity index is 1.10. The Hall–Kier alpha value is -12.5. The fourth-order valence-electron chi connectivity index (χ4n) is 17.7. The van der Waals surface area contributed by atoms with Gasteiger partial charge in [0, 0.05) is 113 Å². The van der Waals surface area contributed by atoms with Gasteiger partial charge in [0.25, 0.3) is 0 Å². The average molecular weight is 1860 g/mol. The fraction of sp³-hybridized carbons (Fsp3) is 0.571.